The summed E-state index contributed by atoms with van der Waals surface area (Å²) in [7, 11) is 0. The van der Waals surface area contributed by atoms with Crippen molar-refractivity contribution in [2.75, 3.05) is 13.1 Å². The number of carboxylic acids is 1. The van der Waals surface area contributed by atoms with Gasteiger partial charge in [-0.25, -0.2) is 0 Å². The minimum absolute atomic E-state index is 0.0723. The summed E-state index contributed by atoms with van der Waals surface area (Å²) < 4.78 is 5.08. The number of aromatic nitrogens is 2. The Morgan fingerprint density at radius 2 is 2.25 bits per heavy atom. The van der Waals surface area contributed by atoms with Crippen molar-refractivity contribution < 1.29 is 19.2 Å². The van der Waals surface area contributed by atoms with Gasteiger partial charge in [-0.15, -0.1) is 0 Å². The summed E-state index contributed by atoms with van der Waals surface area (Å²) >= 11 is 1.50. The lowest BCUT2D eigenvalue weighted by molar-refractivity contribution is -0.138. The molecule has 2 heterocycles. The van der Waals surface area contributed by atoms with Gasteiger partial charge in [0.25, 0.3) is 5.89 Å². The van der Waals surface area contributed by atoms with Gasteiger partial charge in [-0.2, -0.15) is 16.3 Å². The molecule has 0 fully saturated rings. The van der Waals surface area contributed by atoms with Crippen molar-refractivity contribution in [2.45, 2.75) is 6.54 Å². The monoisotopic (exact) mass is 296 g/mol. The highest BCUT2D eigenvalue weighted by Crippen LogP contribution is 2.20. The van der Waals surface area contributed by atoms with E-state index < -0.39 is 11.9 Å². The Balaban J connectivity index is 2.06. The van der Waals surface area contributed by atoms with Crippen LogP contribution >= 0.6 is 11.3 Å². The molecule has 1 amide bonds. The molecule has 8 nitrogen and oxygen atoms in total. The summed E-state index contributed by atoms with van der Waals surface area (Å²) in [6, 6.07) is 1.83. The molecule has 2 aromatic rings. The van der Waals surface area contributed by atoms with E-state index in [1.807, 2.05) is 16.8 Å². The number of primary amides is 1. The molecule has 0 atom stereocenters. The van der Waals surface area contributed by atoms with Crippen LogP contribution in [0.1, 0.15) is 5.82 Å². The second kappa shape index (κ2) is 6.26. The van der Waals surface area contributed by atoms with Crippen LogP contribution in [-0.4, -0.2) is 45.1 Å². The SMILES string of the molecule is NC(=O)CN(CC(=O)O)Cc1noc(-c2ccsc2)n1. The Labute approximate surface area is 117 Å². The lowest BCUT2D eigenvalue weighted by Gasteiger charge is -2.15. The highest BCUT2D eigenvalue weighted by atomic mass is 32.1. The lowest BCUT2D eigenvalue weighted by atomic mass is 10.3. The van der Waals surface area contributed by atoms with Gasteiger partial charge in [0.2, 0.25) is 5.91 Å². The van der Waals surface area contributed by atoms with Gasteiger partial charge < -0.3 is 15.4 Å². The molecule has 0 aliphatic heterocycles. The van der Waals surface area contributed by atoms with E-state index in [9.17, 15) is 9.59 Å². The van der Waals surface area contributed by atoms with Crippen LogP contribution in [0.15, 0.2) is 21.3 Å². The van der Waals surface area contributed by atoms with Gasteiger partial charge in [-0.05, 0) is 11.4 Å². The normalized spacial score (nSPS) is 10.8. The third-order valence-corrected chi connectivity index (χ3v) is 3.02. The highest BCUT2D eigenvalue weighted by Gasteiger charge is 2.17. The Hall–Kier alpha value is -2.26. The van der Waals surface area contributed by atoms with Gasteiger partial charge in [-0.1, -0.05) is 5.16 Å². The second-order valence-corrected chi connectivity index (χ2v) is 4.81. The largest absolute Gasteiger partial charge is 0.480 e. The number of carbonyl (C=O) groups excluding carboxylic acids is 1. The molecule has 9 heteroatoms. The number of hydrogen-bond donors (Lipinski definition) is 2. The Morgan fingerprint density at radius 1 is 1.45 bits per heavy atom. The molecule has 0 bridgehead atoms. The van der Waals surface area contributed by atoms with Crippen molar-refractivity contribution in [3.8, 4) is 11.5 Å². The van der Waals surface area contributed by atoms with E-state index in [0.717, 1.165) is 5.56 Å². The number of thiophene rings is 1. The molecule has 20 heavy (non-hydrogen) atoms. The maximum absolute atomic E-state index is 10.9. The average Bonchev–Trinajstić information content (AvgIpc) is 2.95. The fourth-order valence-electron chi connectivity index (χ4n) is 1.60. The number of carbonyl (C=O) groups is 2. The third kappa shape index (κ3) is 3.87. The molecule has 0 spiro atoms. The molecule has 3 N–H and O–H groups in total. The van der Waals surface area contributed by atoms with Crippen LogP contribution in [0.3, 0.4) is 0 Å². The molecule has 0 saturated heterocycles. The summed E-state index contributed by atoms with van der Waals surface area (Å²) in [5, 5.41) is 16.3. The van der Waals surface area contributed by atoms with Crippen LogP contribution in [0.5, 0.6) is 0 Å². The molecule has 0 aliphatic carbocycles. The summed E-state index contributed by atoms with van der Waals surface area (Å²) in [6.07, 6.45) is 0. The van der Waals surface area contributed by atoms with Gasteiger partial charge in [0.15, 0.2) is 5.82 Å². The molecule has 0 radical (unpaired) electrons. The molecule has 0 aliphatic rings. The first-order chi connectivity index (χ1) is 9.54. The number of aliphatic carboxylic acids is 1. The van der Waals surface area contributed by atoms with Crippen LogP contribution in [0.4, 0.5) is 0 Å². The Morgan fingerprint density at radius 3 is 2.85 bits per heavy atom. The van der Waals surface area contributed by atoms with Crippen molar-refractivity contribution in [1.29, 1.82) is 0 Å². The van der Waals surface area contributed by atoms with Gasteiger partial charge in [-0.3, -0.25) is 14.5 Å². The smallest absolute Gasteiger partial charge is 0.317 e. The number of hydrogen-bond acceptors (Lipinski definition) is 7. The van der Waals surface area contributed by atoms with E-state index in [2.05, 4.69) is 10.1 Å². The predicted octanol–water partition coefficient (Wildman–Crippen LogP) is 0.170. The van der Waals surface area contributed by atoms with Crippen LogP contribution in [0.2, 0.25) is 0 Å². The van der Waals surface area contributed by atoms with Gasteiger partial charge in [0.05, 0.1) is 25.2 Å². The zero-order valence-electron chi connectivity index (χ0n) is 10.4. The molecular formula is C11H12N4O4S. The van der Waals surface area contributed by atoms with E-state index in [4.69, 9.17) is 15.4 Å². The van der Waals surface area contributed by atoms with Gasteiger partial charge in [0, 0.05) is 5.38 Å². The summed E-state index contributed by atoms with van der Waals surface area (Å²) in [5.41, 5.74) is 5.87. The molecule has 106 valence electrons. The van der Waals surface area contributed by atoms with Gasteiger partial charge >= 0.3 is 5.97 Å². The molecule has 0 unspecified atom stereocenters. The Kier molecular flexibility index (Phi) is 4.43. The summed E-state index contributed by atoms with van der Waals surface area (Å²) in [5.74, 6) is -1.02. The van der Waals surface area contributed by atoms with Crippen LogP contribution in [0.25, 0.3) is 11.5 Å². The van der Waals surface area contributed by atoms with Crippen molar-refractivity contribution in [1.82, 2.24) is 15.0 Å². The third-order valence-electron chi connectivity index (χ3n) is 2.34. The Bertz CT molecular complexity index is 579. The van der Waals surface area contributed by atoms with Crippen LogP contribution in [0, 0.1) is 0 Å². The molecule has 0 aromatic carbocycles. The topological polar surface area (TPSA) is 123 Å². The minimum atomic E-state index is -1.06. The first-order valence-electron chi connectivity index (χ1n) is 5.62. The van der Waals surface area contributed by atoms with Gasteiger partial charge in [0.1, 0.15) is 0 Å². The lowest BCUT2D eigenvalue weighted by Crippen LogP contribution is -2.37. The standard InChI is InChI=1S/C11H12N4O4S/c12-8(16)3-15(5-10(17)18)4-9-13-11(19-14-9)7-1-2-20-6-7/h1-2,6H,3-5H2,(H2,12,16)(H,17,18). The fourth-order valence-corrected chi connectivity index (χ4v) is 2.23. The van der Waals surface area contributed by atoms with E-state index in [0.29, 0.717) is 11.7 Å². The zero-order chi connectivity index (χ0) is 14.5. The van der Waals surface area contributed by atoms with Crippen molar-refractivity contribution in [3.63, 3.8) is 0 Å². The molecule has 2 rings (SSSR count). The zero-order valence-corrected chi connectivity index (χ0v) is 11.2. The average molecular weight is 296 g/mol. The molecular weight excluding hydrogens is 284 g/mol. The van der Waals surface area contributed by atoms with Crippen LogP contribution in [-0.2, 0) is 16.1 Å². The summed E-state index contributed by atoms with van der Waals surface area (Å²) in [4.78, 5) is 27.1. The molecule has 0 saturated carbocycles. The molecule has 2 aromatic heterocycles. The highest BCUT2D eigenvalue weighted by molar-refractivity contribution is 7.08. The van der Waals surface area contributed by atoms with Crippen molar-refractivity contribution >= 4 is 23.2 Å². The van der Waals surface area contributed by atoms with E-state index in [1.54, 1.807) is 0 Å². The first kappa shape index (κ1) is 14.2. The van der Waals surface area contributed by atoms with E-state index in [1.165, 1.54) is 16.2 Å². The van der Waals surface area contributed by atoms with Crippen molar-refractivity contribution in [2.24, 2.45) is 5.73 Å². The number of nitrogens with two attached hydrogens (primary N) is 1. The number of amides is 1. The van der Waals surface area contributed by atoms with E-state index >= 15 is 0 Å². The second-order valence-electron chi connectivity index (χ2n) is 4.03. The number of carboxylic acid groups (broad SMARTS) is 1. The maximum Gasteiger partial charge on any atom is 0.317 e. The van der Waals surface area contributed by atoms with Crippen molar-refractivity contribution in [3.05, 3.63) is 22.7 Å². The summed E-state index contributed by atoms with van der Waals surface area (Å²) in [6.45, 7) is -0.442. The fraction of sp³-hybridized carbons (Fsp3) is 0.273. The predicted molar refractivity (Wildman–Crippen MR) is 69.7 cm³/mol. The van der Waals surface area contributed by atoms with Crippen LogP contribution < -0.4 is 5.73 Å². The first-order valence-corrected chi connectivity index (χ1v) is 6.56. The maximum atomic E-state index is 10.9. The van der Waals surface area contributed by atoms with E-state index in [-0.39, 0.29) is 19.6 Å². The number of nitrogens with zero attached hydrogens (tertiary/aromatic N) is 3. The minimum Gasteiger partial charge on any atom is -0.480 e. The number of rotatable bonds is 7. The quantitative estimate of drug-likeness (QED) is 0.746.